The van der Waals surface area contributed by atoms with Gasteiger partial charge in [-0.2, -0.15) is 0 Å². The molecule has 1 aromatic rings. The molecule has 0 fully saturated rings. The summed E-state index contributed by atoms with van der Waals surface area (Å²) in [6.07, 6.45) is 2.69. The summed E-state index contributed by atoms with van der Waals surface area (Å²) in [5.74, 6) is -1.58. The number of ether oxygens (including phenoxy) is 2. The van der Waals surface area contributed by atoms with Crippen LogP contribution in [-0.2, 0) is 19.1 Å². The van der Waals surface area contributed by atoms with E-state index < -0.39 is 36.2 Å². The number of ketones is 1. The number of methoxy groups -OCH3 is 2. The van der Waals surface area contributed by atoms with Gasteiger partial charge in [0, 0.05) is 26.3 Å². The Bertz CT molecular complexity index is 917. The fourth-order valence-electron chi connectivity index (χ4n) is 3.84. The van der Waals surface area contributed by atoms with Crippen LogP contribution in [0.2, 0.25) is 5.02 Å². The Morgan fingerprint density at radius 2 is 1.81 bits per heavy atom. The zero-order valence-corrected chi connectivity index (χ0v) is 22.7. The monoisotopic (exact) mass is 525 g/mol. The number of rotatable bonds is 15. The van der Waals surface area contributed by atoms with Crippen LogP contribution < -0.4 is 5.32 Å². The highest BCUT2D eigenvalue weighted by Crippen LogP contribution is 2.24. The second-order valence-corrected chi connectivity index (χ2v) is 9.42. The maximum Gasteiger partial charge on any atom is 0.255 e. The molecule has 1 amide bonds. The Labute approximate surface area is 219 Å². The summed E-state index contributed by atoms with van der Waals surface area (Å²) in [6.45, 7) is 7.28. The lowest BCUT2D eigenvalue weighted by Crippen LogP contribution is -2.47. The zero-order valence-electron chi connectivity index (χ0n) is 21.9. The highest BCUT2D eigenvalue weighted by molar-refractivity contribution is 6.32. The number of nitrogens with one attached hydrogen (secondary N) is 1. The van der Waals surface area contributed by atoms with Gasteiger partial charge in [0.1, 0.15) is 18.0 Å². The van der Waals surface area contributed by atoms with Gasteiger partial charge in [-0.25, -0.2) is 0 Å². The first kappa shape index (κ1) is 31.8. The number of phenols is 1. The number of carbonyl (C=O) groups excluding carboxylic acids is 2. The van der Waals surface area contributed by atoms with E-state index in [0.717, 1.165) is 19.3 Å². The first-order valence-corrected chi connectivity index (χ1v) is 12.5. The van der Waals surface area contributed by atoms with Gasteiger partial charge in [-0.1, -0.05) is 51.3 Å². The van der Waals surface area contributed by atoms with E-state index in [4.69, 9.17) is 21.1 Å². The summed E-state index contributed by atoms with van der Waals surface area (Å²) >= 11 is 5.87. The van der Waals surface area contributed by atoms with Crippen molar-refractivity contribution >= 4 is 29.4 Å². The van der Waals surface area contributed by atoms with E-state index in [2.05, 4.69) is 12.2 Å². The topological polar surface area (TPSA) is 125 Å². The second kappa shape index (κ2) is 15.8. The van der Waals surface area contributed by atoms with Crippen molar-refractivity contribution in [2.75, 3.05) is 14.2 Å². The lowest BCUT2D eigenvalue weighted by molar-refractivity contribution is -0.142. The number of benzene rings is 1. The fourth-order valence-corrected chi connectivity index (χ4v) is 4.03. The van der Waals surface area contributed by atoms with Crippen LogP contribution in [-0.4, -0.2) is 65.6 Å². The number of phenolic OH excluding ortho intramolecular Hbond substituents is 1. The van der Waals surface area contributed by atoms with Crippen LogP contribution in [0.4, 0.5) is 0 Å². The number of aromatic hydroxyl groups is 1. The predicted octanol–water partition coefficient (Wildman–Crippen LogP) is 3.86. The van der Waals surface area contributed by atoms with Gasteiger partial charge in [-0.3, -0.25) is 9.59 Å². The molecule has 8 nitrogen and oxygen atoms in total. The van der Waals surface area contributed by atoms with Crippen molar-refractivity contribution in [2.24, 2.45) is 11.8 Å². The number of aliphatic hydroxyl groups excluding tert-OH is 2. The first-order valence-electron chi connectivity index (χ1n) is 12.1. The molecule has 202 valence electrons. The number of unbranched alkanes of at least 4 members (excludes halogenated alkanes) is 1. The predicted molar refractivity (Wildman–Crippen MR) is 141 cm³/mol. The molecule has 0 saturated heterocycles. The molecule has 0 aliphatic rings. The third-order valence-corrected chi connectivity index (χ3v) is 6.53. The summed E-state index contributed by atoms with van der Waals surface area (Å²) < 4.78 is 10.6. The van der Waals surface area contributed by atoms with Gasteiger partial charge < -0.3 is 30.1 Å². The van der Waals surface area contributed by atoms with Crippen molar-refractivity contribution < 1.29 is 34.4 Å². The molecule has 0 spiro atoms. The van der Waals surface area contributed by atoms with Crippen molar-refractivity contribution in [1.82, 2.24) is 5.32 Å². The molecule has 36 heavy (non-hydrogen) atoms. The molecular formula is C27H40ClNO7. The number of allylic oxidation sites excluding steroid dienone is 1. The van der Waals surface area contributed by atoms with Crippen molar-refractivity contribution in [3.8, 4) is 5.75 Å². The summed E-state index contributed by atoms with van der Waals surface area (Å²) in [7, 11) is 2.63. The van der Waals surface area contributed by atoms with E-state index in [1.54, 1.807) is 26.0 Å². The largest absolute Gasteiger partial charge is 0.506 e. The molecule has 4 N–H and O–H groups in total. The minimum Gasteiger partial charge on any atom is -0.506 e. The molecule has 0 bridgehead atoms. The van der Waals surface area contributed by atoms with Crippen LogP contribution in [0.3, 0.4) is 0 Å². The normalized spacial score (nSPS) is 17.3. The molecule has 1 aromatic carbocycles. The molecule has 0 unspecified atom stereocenters. The second-order valence-electron chi connectivity index (χ2n) is 9.01. The summed E-state index contributed by atoms with van der Waals surface area (Å²) in [5.41, 5.74) is 0.953. The van der Waals surface area contributed by atoms with Gasteiger partial charge in [0.25, 0.3) is 5.91 Å². The number of halogens is 1. The van der Waals surface area contributed by atoms with E-state index in [1.165, 1.54) is 38.6 Å². The van der Waals surface area contributed by atoms with Crippen LogP contribution in [0.5, 0.6) is 5.75 Å². The van der Waals surface area contributed by atoms with Gasteiger partial charge >= 0.3 is 0 Å². The molecule has 0 radical (unpaired) electrons. The molecular weight excluding hydrogens is 486 g/mol. The minimum atomic E-state index is -1.41. The van der Waals surface area contributed by atoms with E-state index in [-0.39, 0.29) is 22.5 Å². The minimum absolute atomic E-state index is 0.0206. The molecule has 0 saturated carbocycles. The number of aliphatic hydroxyl groups is 2. The van der Waals surface area contributed by atoms with Crippen molar-refractivity contribution in [2.45, 2.75) is 71.4 Å². The standard InChI is InChI=1S/C27H40ClNO7/c1-7-8-9-16(2)23(31)18(4)24(32)17(3)14-22(35-5)25(33)26(36-6)27(34)29-13-12-19-10-11-21(30)20(28)15-19/h10-16,18,22-23,25-26,30-31,33H,7-9H2,1-6H3,(H,29,34)/b13-12-,17-14+/t16-,18+,22-,23+,25-,26-/m1/s1. The molecule has 0 aromatic heterocycles. The van der Waals surface area contributed by atoms with E-state index in [0.29, 0.717) is 11.1 Å². The SMILES string of the molecule is CCCC[C@@H](C)[C@H](O)[C@H](C)C(=O)/C(C)=C/[C@@H](OC)[C@@H](O)[C@@H](OC)C(=O)N/C=C\c1ccc(O)c(Cl)c1. The first-order chi connectivity index (χ1) is 17.0. The van der Waals surface area contributed by atoms with Crippen molar-refractivity contribution in [1.29, 1.82) is 0 Å². The lowest BCUT2D eigenvalue weighted by atomic mass is 9.85. The van der Waals surface area contributed by atoms with Crippen LogP contribution in [0.25, 0.3) is 6.08 Å². The number of Topliss-reactive ketones (excluding diaryl/α,β-unsaturated/α-hetero) is 1. The quantitative estimate of drug-likeness (QED) is 0.256. The van der Waals surface area contributed by atoms with Gasteiger partial charge in [0.2, 0.25) is 0 Å². The molecule has 0 aliphatic heterocycles. The number of hydrogen-bond acceptors (Lipinski definition) is 7. The number of amides is 1. The molecule has 0 heterocycles. The highest BCUT2D eigenvalue weighted by atomic mass is 35.5. The molecule has 9 heteroatoms. The fraction of sp³-hybridized carbons (Fsp3) is 0.556. The Morgan fingerprint density at radius 3 is 2.36 bits per heavy atom. The van der Waals surface area contributed by atoms with E-state index in [1.807, 2.05) is 6.92 Å². The number of carbonyl (C=O) groups is 2. The summed E-state index contributed by atoms with van der Waals surface area (Å²) in [5, 5.41) is 33.6. The molecule has 6 atom stereocenters. The van der Waals surface area contributed by atoms with Crippen molar-refractivity contribution in [3.05, 3.63) is 46.6 Å². The third-order valence-electron chi connectivity index (χ3n) is 6.23. The maximum absolute atomic E-state index is 12.9. The summed E-state index contributed by atoms with van der Waals surface area (Å²) in [6, 6.07) is 4.56. The molecule has 1 rings (SSSR count). The summed E-state index contributed by atoms with van der Waals surface area (Å²) in [4.78, 5) is 25.6. The maximum atomic E-state index is 12.9. The van der Waals surface area contributed by atoms with Gasteiger partial charge in [0.05, 0.1) is 11.1 Å². The smallest absolute Gasteiger partial charge is 0.255 e. The van der Waals surface area contributed by atoms with Crippen LogP contribution in [0.1, 0.15) is 52.5 Å². The average Bonchev–Trinajstić information content (AvgIpc) is 2.86. The Balaban J connectivity index is 2.88. The van der Waals surface area contributed by atoms with Crippen LogP contribution in [0.15, 0.2) is 36.0 Å². The Kier molecular flexibility index (Phi) is 13.9. The molecule has 0 aliphatic carbocycles. The van der Waals surface area contributed by atoms with Gasteiger partial charge in [-0.15, -0.1) is 0 Å². The third kappa shape index (κ3) is 9.33. The Hall–Kier alpha value is -2.23. The highest BCUT2D eigenvalue weighted by Gasteiger charge is 2.33. The van der Waals surface area contributed by atoms with E-state index in [9.17, 15) is 24.9 Å². The lowest BCUT2D eigenvalue weighted by Gasteiger charge is -2.27. The average molecular weight is 526 g/mol. The van der Waals surface area contributed by atoms with Crippen molar-refractivity contribution in [3.63, 3.8) is 0 Å². The Morgan fingerprint density at radius 1 is 1.14 bits per heavy atom. The van der Waals surface area contributed by atoms with Gasteiger partial charge in [-0.05, 0) is 54.7 Å². The van der Waals surface area contributed by atoms with Crippen LogP contribution in [0, 0.1) is 11.8 Å². The van der Waals surface area contributed by atoms with Gasteiger partial charge in [0.15, 0.2) is 11.9 Å². The number of hydrogen-bond donors (Lipinski definition) is 4. The van der Waals surface area contributed by atoms with Crippen LogP contribution >= 0.6 is 11.6 Å². The zero-order chi connectivity index (χ0) is 27.4. The van der Waals surface area contributed by atoms with E-state index >= 15 is 0 Å².